The molecule has 0 aromatic carbocycles. The van der Waals surface area contributed by atoms with E-state index >= 15 is 0 Å². The molecule has 2 aromatic heterocycles. The van der Waals surface area contributed by atoms with Gasteiger partial charge in [0, 0.05) is 28.1 Å². The first-order valence-electron chi connectivity index (χ1n) is 8.17. The zero-order valence-corrected chi connectivity index (χ0v) is 17.7. The summed E-state index contributed by atoms with van der Waals surface area (Å²) < 4.78 is 68.6. The zero-order valence-electron chi connectivity index (χ0n) is 14.7. The molecule has 3 rings (SSSR count). The summed E-state index contributed by atoms with van der Waals surface area (Å²) in [6, 6.07) is 0.0333. The standard InChI is InChI=1S/C16H16F5IN4OS/c1-8-5-25(2)7-15(17,18)12(8)24-14(27)10-3-9(22)6-26-11(4-23-13(10)26)28-16(19,20)21/h3-4,6,8,12H,5,7H2,1-2H3,(H,24,27). The van der Waals surface area contributed by atoms with Gasteiger partial charge in [0.1, 0.15) is 5.03 Å². The highest BCUT2D eigenvalue weighted by atomic mass is 127. The molecule has 0 spiro atoms. The number of aromatic nitrogens is 2. The summed E-state index contributed by atoms with van der Waals surface area (Å²) in [5.74, 6) is -4.43. The molecule has 1 amide bonds. The summed E-state index contributed by atoms with van der Waals surface area (Å²) in [7, 11) is 1.58. The van der Waals surface area contributed by atoms with Crippen LogP contribution < -0.4 is 5.32 Å². The van der Waals surface area contributed by atoms with Crippen LogP contribution in [0.5, 0.6) is 0 Å². The van der Waals surface area contributed by atoms with Crippen molar-refractivity contribution in [3.05, 3.63) is 27.6 Å². The fraction of sp³-hybridized carbons (Fsp3) is 0.500. The molecule has 12 heteroatoms. The molecule has 2 atom stereocenters. The molecule has 1 aliphatic heterocycles. The number of nitrogens with one attached hydrogen (secondary N) is 1. The van der Waals surface area contributed by atoms with E-state index in [-0.39, 0.29) is 28.0 Å². The van der Waals surface area contributed by atoms with Crippen molar-refractivity contribution in [1.82, 2.24) is 19.6 Å². The van der Waals surface area contributed by atoms with Gasteiger partial charge in [0.05, 0.1) is 24.3 Å². The lowest BCUT2D eigenvalue weighted by Gasteiger charge is -2.41. The molecule has 0 radical (unpaired) electrons. The Morgan fingerprint density at radius 1 is 1.43 bits per heavy atom. The van der Waals surface area contributed by atoms with Gasteiger partial charge in [-0.25, -0.2) is 13.8 Å². The number of thioether (sulfide) groups is 1. The fourth-order valence-electron chi connectivity index (χ4n) is 3.40. The second-order valence-corrected chi connectivity index (χ2v) is 9.13. The summed E-state index contributed by atoms with van der Waals surface area (Å²) in [5, 5.41) is 2.16. The molecule has 28 heavy (non-hydrogen) atoms. The number of likely N-dealkylation sites (tertiary alicyclic amines) is 1. The Labute approximate surface area is 175 Å². The van der Waals surface area contributed by atoms with E-state index < -0.39 is 35.8 Å². The number of piperidine rings is 1. The van der Waals surface area contributed by atoms with Crippen LogP contribution in [0.15, 0.2) is 23.5 Å². The topological polar surface area (TPSA) is 49.6 Å². The normalized spacial score (nSPS) is 23.1. The summed E-state index contributed by atoms with van der Waals surface area (Å²) in [5.41, 5.74) is -4.60. The molecule has 3 heterocycles. The Morgan fingerprint density at radius 2 is 2.11 bits per heavy atom. The Kier molecular flexibility index (Phi) is 5.85. The highest BCUT2D eigenvalue weighted by Crippen LogP contribution is 2.37. The molecular formula is C16H16F5IN4OS. The number of halogens is 6. The third kappa shape index (κ3) is 4.53. The molecule has 154 valence electrons. The summed E-state index contributed by atoms with van der Waals surface area (Å²) >= 11 is 1.49. The number of carbonyl (C=O) groups excluding carboxylic acids is 1. The number of amides is 1. The molecule has 1 aliphatic rings. The van der Waals surface area contributed by atoms with Crippen molar-refractivity contribution in [3.63, 3.8) is 0 Å². The zero-order chi connectivity index (χ0) is 20.9. The molecule has 0 aliphatic carbocycles. The third-order valence-corrected chi connectivity index (χ3v) is 5.73. The second-order valence-electron chi connectivity index (χ2n) is 6.80. The Balaban J connectivity index is 1.94. The van der Waals surface area contributed by atoms with Crippen molar-refractivity contribution in [2.24, 2.45) is 5.92 Å². The molecule has 2 aromatic rings. The lowest BCUT2D eigenvalue weighted by Crippen LogP contribution is -2.61. The number of hydrogen-bond acceptors (Lipinski definition) is 4. The quantitative estimate of drug-likeness (QED) is 0.370. The van der Waals surface area contributed by atoms with E-state index in [4.69, 9.17) is 0 Å². The average Bonchev–Trinajstić information content (AvgIpc) is 2.90. The van der Waals surface area contributed by atoms with Crippen molar-refractivity contribution in [1.29, 1.82) is 0 Å². The molecular weight excluding hydrogens is 518 g/mol. The average molecular weight is 534 g/mol. The Bertz CT molecular complexity index is 903. The van der Waals surface area contributed by atoms with Gasteiger partial charge in [-0.2, -0.15) is 13.2 Å². The number of hydrogen-bond donors (Lipinski definition) is 1. The van der Waals surface area contributed by atoms with Gasteiger partial charge in [-0.15, -0.1) is 0 Å². The largest absolute Gasteiger partial charge is 0.447 e. The van der Waals surface area contributed by atoms with Gasteiger partial charge < -0.3 is 10.2 Å². The van der Waals surface area contributed by atoms with Gasteiger partial charge in [-0.1, -0.05) is 6.92 Å². The predicted molar refractivity (Wildman–Crippen MR) is 103 cm³/mol. The number of imidazole rings is 1. The summed E-state index contributed by atoms with van der Waals surface area (Å²) in [6.45, 7) is 1.52. The first-order chi connectivity index (χ1) is 12.9. The van der Waals surface area contributed by atoms with Gasteiger partial charge >= 0.3 is 5.51 Å². The van der Waals surface area contributed by atoms with Crippen LogP contribution in [0.3, 0.4) is 0 Å². The van der Waals surface area contributed by atoms with Crippen LogP contribution in [0.4, 0.5) is 22.0 Å². The maximum atomic E-state index is 14.4. The van der Waals surface area contributed by atoms with Crippen LogP contribution in [0.2, 0.25) is 0 Å². The molecule has 1 N–H and O–H groups in total. The molecule has 0 bridgehead atoms. The first kappa shape index (κ1) is 21.6. The minimum Gasteiger partial charge on any atom is -0.343 e. The van der Waals surface area contributed by atoms with E-state index in [0.717, 1.165) is 10.6 Å². The van der Waals surface area contributed by atoms with Crippen LogP contribution >= 0.6 is 34.4 Å². The molecule has 0 saturated carbocycles. The van der Waals surface area contributed by atoms with Crippen molar-refractivity contribution >= 4 is 45.9 Å². The number of nitrogens with zero attached hydrogens (tertiary/aromatic N) is 3. The van der Waals surface area contributed by atoms with Crippen molar-refractivity contribution in [2.45, 2.75) is 29.4 Å². The van der Waals surface area contributed by atoms with Crippen LogP contribution in [0.1, 0.15) is 17.3 Å². The highest BCUT2D eigenvalue weighted by molar-refractivity contribution is 14.1. The summed E-state index contributed by atoms with van der Waals surface area (Å²) in [6.07, 6.45) is 2.41. The van der Waals surface area contributed by atoms with Crippen LogP contribution in [-0.2, 0) is 0 Å². The van der Waals surface area contributed by atoms with Gasteiger partial charge in [-0.3, -0.25) is 9.20 Å². The number of carbonyl (C=O) groups is 1. The van der Waals surface area contributed by atoms with E-state index in [1.807, 2.05) is 22.6 Å². The number of fused-ring (bicyclic) bond motifs is 1. The van der Waals surface area contributed by atoms with Crippen molar-refractivity contribution in [2.75, 3.05) is 20.1 Å². The van der Waals surface area contributed by atoms with Gasteiger partial charge in [0.2, 0.25) is 0 Å². The maximum Gasteiger partial charge on any atom is 0.447 e. The van der Waals surface area contributed by atoms with Gasteiger partial charge in [-0.05, 0) is 41.6 Å². The van der Waals surface area contributed by atoms with E-state index in [2.05, 4.69) is 10.3 Å². The first-order valence-corrected chi connectivity index (χ1v) is 10.1. The van der Waals surface area contributed by atoms with Gasteiger partial charge in [0.25, 0.3) is 11.8 Å². The summed E-state index contributed by atoms with van der Waals surface area (Å²) in [4.78, 5) is 18.1. The Hall–Kier alpha value is -1.15. The lowest BCUT2D eigenvalue weighted by molar-refractivity contribution is -0.101. The van der Waals surface area contributed by atoms with E-state index in [9.17, 15) is 26.7 Å². The number of alkyl halides is 5. The van der Waals surface area contributed by atoms with E-state index in [1.165, 1.54) is 17.2 Å². The monoisotopic (exact) mass is 534 g/mol. The minimum absolute atomic E-state index is 0.0198. The highest BCUT2D eigenvalue weighted by Gasteiger charge is 2.48. The lowest BCUT2D eigenvalue weighted by atomic mass is 9.90. The molecule has 5 nitrogen and oxygen atoms in total. The minimum atomic E-state index is -4.52. The van der Waals surface area contributed by atoms with Crippen molar-refractivity contribution in [3.8, 4) is 0 Å². The van der Waals surface area contributed by atoms with E-state index in [0.29, 0.717) is 10.1 Å². The van der Waals surface area contributed by atoms with Crippen LogP contribution in [-0.4, -0.2) is 57.8 Å². The smallest absolute Gasteiger partial charge is 0.343 e. The molecule has 1 fully saturated rings. The maximum absolute atomic E-state index is 14.4. The van der Waals surface area contributed by atoms with Crippen LogP contribution in [0.25, 0.3) is 5.65 Å². The van der Waals surface area contributed by atoms with E-state index in [1.54, 1.807) is 14.0 Å². The number of rotatable bonds is 3. The molecule has 2 unspecified atom stereocenters. The third-order valence-electron chi connectivity index (χ3n) is 4.39. The van der Waals surface area contributed by atoms with Crippen LogP contribution in [0, 0.1) is 9.49 Å². The molecule has 1 saturated heterocycles. The SMILES string of the molecule is CC1CN(C)CC(F)(F)C1NC(=O)c1cc(I)cn2c(SC(F)(F)F)cnc12. The van der Waals surface area contributed by atoms with Crippen molar-refractivity contribution < 1.29 is 26.7 Å². The number of pyridine rings is 1. The fourth-order valence-corrected chi connectivity index (χ4v) is 4.57. The van der Waals surface area contributed by atoms with Gasteiger partial charge in [0.15, 0.2) is 5.65 Å². The second kappa shape index (κ2) is 7.59. The Morgan fingerprint density at radius 3 is 2.71 bits per heavy atom. The predicted octanol–water partition coefficient (Wildman–Crippen LogP) is 3.87.